The smallest absolute Gasteiger partial charge is 0.260 e. The van der Waals surface area contributed by atoms with E-state index in [2.05, 4.69) is 32.9 Å². The van der Waals surface area contributed by atoms with E-state index in [1.807, 2.05) is 17.0 Å². The fourth-order valence-electron chi connectivity index (χ4n) is 3.39. The SMILES string of the molecule is CC(C)(C)c1ccc(OCC(=O)N2CCCC(C3OCCO3)C2)cc1. The number of piperidine rings is 1. The van der Waals surface area contributed by atoms with E-state index >= 15 is 0 Å². The van der Waals surface area contributed by atoms with E-state index in [-0.39, 0.29) is 30.1 Å². The zero-order valence-electron chi connectivity index (χ0n) is 15.5. The van der Waals surface area contributed by atoms with E-state index in [1.54, 1.807) is 0 Å². The number of ether oxygens (including phenoxy) is 3. The van der Waals surface area contributed by atoms with Crippen LogP contribution in [0.2, 0.25) is 0 Å². The van der Waals surface area contributed by atoms with Crippen LogP contribution in [0.3, 0.4) is 0 Å². The summed E-state index contributed by atoms with van der Waals surface area (Å²) in [5, 5.41) is 0. The molecule has 5 nitrogen and oxygen atoms in total. The highest BCUT2D eigenvalue weighted by molar-refractivity contribution is 5.77. The van der Waals surface area contributed by atoms with Crippen molar-refractivity contribution in [3.63, 3.8) is 0 Å². The molecule has 5 heteroatoms. The van der Waals surface area contributed by atoms with Crippen molar-refractivity contribution >= 4 is 5.91 Å². The molecule has 2 aliphatic rings. The number of amides is 1. The van der Waals surface area contributed by atoms with Gasteiger partial charge < -0.3 is 19.1 Å². The van der Waals surface area contributed by atoms with Crippen molar-refractivity contribution in [2.45, 2.75) is 45.3 Å². The molecule has 3 rings (SSSR count). The van der Waals surface area contributed by atoms with Gasteiger partial charge in [0.2, 0.25) is 0 Å². The van der Waals surface area contributed by atoms with Crippen molar-refractivity contribution in [3.8, 4) is 5.75 Å². The quantitative estimate of drug-likeness (QED) is 0.840. The summed E-state index contributed by atoms with van der Waals surface area (Å²) in [6.07, 6.45) is 1.88. The van der Waals surface area contributed by atoms with Gasteiger partial charge in [-0.15, -0.1) is 0 Å². The highest BCUT2D eigenvalue weighted by Gasteiger charge is 2.32. The van der Waals surface area contributed by atoms with Crippen LogP contribution in [0, 0.1) is 5.92 Å². The first-order valence-electron chi connectivity index (χ1n) is 9.18. The molecular formula is C20H29NO4. The molecule has 2 saturated heterocycles. The van der Waals surface area contributed by atoms with Gasteiger partial charge in [-0.25, -0.2) is 0 Å². The Labute approximate surface area is 150 Å². The van der Waals surface area contributed by atoms with Crippen molar-refractivity contribution < 1.29 is 19.0 Å². The highest BCUT2D eigenvalue weighted by atomic mass is 16.7. The first kappa shape index (κ1) is 18.2. The minimum absolute atomic E-state index is 0.0302. The second kappa shape index (κ2) is 7.75. The van der Waals surface area contributed by atoms with E-state index in [1.165, 1.54) is 5.56 Å². The molecule has 1 amide bonds. The van der Waals surface area contributed by atoms with Crippen LogP contribution in [0.15, 0.2) is 24.3 Å². The van der Waals surface area contributed by atoms with Gasteiger partial charge in [0.05, 0.1) is 13.2 Å². The number of rotatable bonds is 4. The molecule has 2 fully saturated rings. The van der Waals surface area contributed by atoms with Crippen LogP contribution in [-0.2, 0) is 19.7 Å². The summed E-state index contributed by atoms with van der Waals surface area (Å²) in [5.41, 5.74) is 1.36. The Balaban J connectivity index is 1.50. The molecule has 2 heterocycles. The summed E-state index contributed by atoms with van der Waals surface area (Å²) in [4.78, 5) is 14.4. The lowest BCUT2D eigenvalue weighted by Crippen LogP contribution is -2.45. The lowest BCUT2D eigenvalue weighted by atomic mass is 9.87. The zero-order valence-corrected chi connectivity index (χ0v) is 15.5. The van der Waals surface area contributed by atoms with Gasteiger partial charge in [-0.1, -0.05) is 32.9 Å². The molecule has 0 bridgehead atoms. The van der Waals surface area contributed by atoms with Crippen molar-refractivity contribution in [1.82, 2.24) is 4.90 Å². The normalized spacial score (nSPS) is 22.2. The summed E-state index contributed by atoms with van der Waals surface area (Å²) in [6, 6.07) is 8.00. The Hall–Kier alpha value is -1.59. The maximum atomic E-state index is 12.5. The van der Waals surface area contributed by atoms with E-state index in [4.69, 9.17) is 14.2 Å². The summed E-state index contributed by atoms with van der Waals surface area (Å²) in [6.45, 7) is 9.40. The number of nitrogens with zero attached hydrogens (tertiary/aromatic N) is 1. The molecule has 0 aromatic heterocycles. The number of benzene rings is 1. The molecule has 2 aliphatic heterocycles. The summed E-state index contributed by atoms with van der Waals surface area (Å²) in [7, 11) is 0. The third-order valence-corrected chi connectivity index (χ3v) is 4.93. The fourth-order valence-corrected chi connectivity index (χ4v) is 3.39. The third-order valence-electron chi connectivity index (χ3n) is 4.93. The Bertz CT molecular complexity index is 572. The molecule has 0 saturated carbocycles. The zero-order chi connectivity index (χ0) is 17.9. The minimum Gasteiger partial charge on any atom is -0.484 e. The molecule has 1 unspecified atom stereocenters. The maximum Gasteiger partial charge on any atom is 0.260 e. The summed E-state index contributed by atoms with van der Waals surface area (Å²) < 4.78 is 16.9. The van der Waals surface area contributed by atoms with E-state index in [0.717, 1.165) is 25.1 Å². The first-order valence-corrected chi connectivity index (χ1v) is 9.18. The molecule has 0 spiro atoms. The Morgan fingerprint density at radius 1 is 1.20 bits per heavy atom. The monoisotopic (exact) mass is 347 g/mol. The van der Waals surface area contributed by atoms with Gasteiger partial charge in [0.15, 0.2) is 12.9 Å². The molecule has 138 valence electrons. The average Bonchev–Trinajstić information content (AvgIpc) is 3.14. The van der Waals surface area contributed by atoms with Crippen LogP contribution in [0.5, 0.6) is 5.75 Å². The second-order valence-electron chi connectivity index (χ2n) is 7.92. The van der Waals surface area contributed by atoms with Crippen LogP contribution in [0.25, 0.3) is 0 Å². The Morgan fingerprint density at radius 3 is 2.52 bits per heavy atom. The fraction of sp³-hybridized carbons (Fsp3) is 0.650. The Kier molecular flexibility index (Phi) is 5.64. The first-order chi connectivity index (χ1) is 11.9. The van der Waals surface area contributed by atoms with Gasteiger partial charge in [-0.2, -0.15) is 0 Å². The van der Waals surface area contributed by atoms with E-state index in [0.29, 0.717) is 19.8 Å². The number of carbonyl (C=O) groups excluding carboxylic acids is 1. The molecule has 0 N–H and O–H groups in total. The van der Waals surface area contributed by atoms with Crippen molar-refractivity contribution in [2.75, 3.05) is 32.9 Å². The second-order valence-corrected chi connectivity index (χ2v) is 7.92. The number of hydrogen-bond acceptors (Lipinski definition) is 4. The molecular weight excluding hydrogens is 318 g/mol. The van der Waals surface area contributed by atoms with Crippen LogP contribution in [-0.4, -0.2) is 50.0 Å². The molecule has 1 aromatic rings. The van der Waals surface area contributed by atoms with Gasteiger partial charge >= 0.3 is 0 Å². The maximum absolute atomic E-state index is 12.5. The van der Waals surface area contributed by atoms with Crippen molar-refractivity contribution in [1.29, 1.82) is 0 Å². The predicted molar refractivity (Wildman–Crippen MR) is 95.6 cm³/mol. The number of carbonyl (C=O) groups is 1. The molecule has 1 aromatic carbocycles. The standard InChI is InChI=1S/C20H29NO4/c1-20(2,3)16-6-8-17(9-7-16)25-14-18(22)21-10-4-5-15(13-21)19-23-11-12-24-19/h6-9,15,19H,4-5,10-14H2,1-3H3. The molecule has 25 heavy (non-hydrogen) atoms. The van der Waals surface area contributed by atoms with Gasteiger partial charge in [-0.05, 0) is 36.0 Å². The highest BCUT2D eigenvalue weighted by Crippen LogP contribution is 2.26. The van der Waals surface area contributed by atoms with E-state index < -0.39 is 0 Å². The lowest BCUT2D eigenvalue weighted by Gasteiger charge is -2.34. The van der Waals surface area contributed by atoms with Crippen LogP contribution < -0.4 is 4.74 Å². The number of hydrogen-bond donors (Lipinski definition) is 0. The molecule has 1 atom stereocenters. The largest absolute Gasteiger partial charge is 0.484 e. The molecule has 0 radical (unpaired) electrons. The lowest BCUT2D eigenvalue weighted by molar-refractivity contribution is -0.141. The predicted octanol–water partition coefficient (Wildman–Crippen LogP) is 2.97. The van der Waals surface area contributed by atoms with Gasteiger partial charge in [-0.3, -0.25) is 4.79 Å². The summed E-state index contributed by atoms with van der Waals surface area (Å²) >= 11 is 0. The van der Waals surface area contributed by atoms with Gasteiger partial charge in [0, 0.05) is 19.0 Å². The van der Waals surface area contributed by atoms with Crippen molar-refractivity contribution in [3.05, 3.63) is 29.8 Å². The summed E-state index contributed by atoms with van der Waals surface area (Å²) in [5.74, 6) is 1.03. The van der Waals surface area contributed by atoms with Gasteiger partial charge in [0.1, 0.15) is 5.75 Å². The minimum atomic E-state index is -0.151. The van der Waals surface area contributed by atoms with Gasteiger partial charge in [0.25, 0.3) is 5.91 Å². The van der Waals surface area contributed by atoms with Crippen LogP contribution in [0.1, 0.15) is 39.2 Å². The molecule has 0 aliphatic carbocycles. The average molecular weight is 347 g/mol. The topological polar surface area (TPSA) is 48.0 Å². The van der Waals surface area contributed by atoms with Crippen LogP contribution >= 0.6 is 0 Å². The van der Waals surface area contributed by atoms with E-state index in [9.17, 15) is 4.79 Å². The number of likely N-dealkylation sites (tertiary alicyclic amines) is 1. The Morgan fingerprint density at radius 2 is 1.88 bits per heavy atom. The third kappa shape index (κ3) is 4.73. The van der Waals surface area contributed by atoms with Crippen LogP contribution in [0.4, 0.5) is 0 Å². The van der Waals surface area contributed by atoms with Crippen molar-refractivity contribution in [2.24, 2.45) is 5.92 Å².